The van der Waals surface area contributed by atoms with Gasteiger partial charge in [-0.1, -0.05) is 0 Å². The van der Waals surface area contributed by atoms with Gasteiger partial charge in [-0.15, -0.1) is 0 Å². The zero-order valence-electron chi connectivity index (χ0n) is 16.8. The summed E-state index contributed by atoms with van der Waals surface area (Å²) in [5.74, 6) is 0.398. The van der Waals surface area contributed by atoms with Gasteiger partial charge in [-0.05, 0) is 37.5 Å². The predicted molar refractivity (Wildman–Crippen MR) is 113 cm³/mol. The molecule has 4 aromatic heterocycles. The molecule has 0 saturated heterocycles. The van der Waals surface area contributed by atoms with Crippen LogP contribution in [-0.4, -0.2) is 49.6 Å². The van der Waals surface area contributed by atoms with Crippen LogP contribution in [0.5, 0.6) is 0 Å². The molecule has 1 aliphatic carbocycles. The Morgan fingerprint density at radius 2 is 2.10 bits per heavy atom. The van der Waals surface area contributed by atoms with Gasteiger partial charge in [0, 0.05) is 23.7 Å². The minimum atomic E-state index is -0.596. The fraction of sp³-hybridized carbons (Fsp3) is 0.238. The molecule has 0 aliphatic heterocycles. The maximum absolute atomic E-state index is 13.0. The minimum absolute atomic E-state index is 0.0778. The van der Waals surface area contributed by atoms with E-state index in [1.807, 2.05) is 13.1 Å². The van der Waals surface area contributed by atoms with Crippen molar-refractivity contribution in [3.05, 3.63) is 54.0 Å². The molecule has 156 valence electrons. The van der Waals surface area contributed by atoms with Gasteiger partial charge in [-0.25, -0.2) is 15.0 Å². The number of carbonyl (C=O) groups is 1. The molecule has 0 radical (unpaired) electrons. The summed E-state index contributed by atoms with van der Waals surface area (Å²) in [5.41, 5.74) is 3.98. The Hall–Kier alpha value is -3.95. The lowest BCUT2D eigenvalue weighted by atomic mass is 10.2. The maximum Gasteiger partial charge on any atom is 0.243 e. The average Bonchev–Trinajstić information content (AvgIpc) is 3.43. The van der Waals surface area contributed by atoms with Crippen molar-refractivity contribution in [2.45, 2.75) is 19.3 Å². The van der Waals surface area contributed by atoms with Crippen LogP contribution >= 0.6 is 0 Å². The van der Waals surface area contributed by atoms with Gasteiger partial charge in [0.1, 0.15) is 11.5 Å². The molecule has 1 amide bonds. The molecule has 0 bridgehead atoms. The third-order valence-corrected chi connectivity index (χ3v) is 5.22. The van der Waals surface area contributed by atoms with Crippen LogP contribution in [0.4, 0.5) is 15.9 Å². The number of carbonyl (C=O) groups excluding carboxylic acids is 1. The molecule has 0 atom stereocenters. The number of nitrogens with zero attached hydrogens (tertiary/aromatic N) is 6. The van der Waals surface area contributed by atoms with E-state index in [-0.39, 0.29) is 12.5 Å². The quantitative estimate of drug-likeness (QED) is 0.479. The Bertz CT molecular complexity index is 1270. The summed E-state index contributed by atoms with van der Waals surface area (Å²) in [6.45, 7) is 0.0778. The van der Waals surface area contributed by atoms with Crippen molar-refractivity contribution in [2.75, 3.05) is 23.8 Å². The highest BCUT2D eigenvalue weighted by molar-refractivity contribution is 5.93. The minimum Gasteiger partial charge on any atom is -0.350 e. The molecule has 0 aromatic carbocycles. The molecule has 4 aromatic rings. The van der Waals surface area contributed by atoms with Crippen molar-refractivity contribution in [3.8, 4) is 11.5 Å². The topological polar surface area (TPSA) is 113 Å². The van der Waals surface area contributed by atoms with Crippen LogP contribution in [-0.2, 0) is 17.6 Å². The van der Waals surface area contributed by atoms with Gasteiger partial charge in [-0.2, -0.15) is 9.49 Å². The van der Waals surface area contributed by atoms with Crippen molar-refractivity contribution < 1.29 is 9.18 Å². The SMILES string of the molecule is CN(CC(=O)Nc1ccc(F)nc1)c1nc(-c2cc3cn[nH]c3cn2)nc2c1CCC2. The fourth-order valence-corrected chi connectivity index (χ4v) is 3.75. The number of aromatic nitrogens is 6. The van der Waals surface area contributed by atoms with Crippen LogP contribution in [0.1, 0.15) is 17.7 Å². The Morgan fingerprint density at radius 1 is 1.19 bits per heavy atom. The summed E-state index contributed by atoms with van der Waals surface area (Å²) in [6.07, 6.45) is 7.46. The summed E-state index contributed by atoms with van der Waals surface area (Å²) < 4.78 is 13.0. The Morgan fingerprint density at radius 3 is 2.94 bits per heavy atom. The smallest absolute Gasteiger partial charge is 0.243 e. The van der Waals surface area contributed by atoms with Gasteiger partial charge >= 0.3 is 0 Å². The number of hydrogen-bond acceptors (Lipinski definition) is 7. The van der Waals surface area contributed by atoms with E-state index in [0.29, 0.717) is 17.2 Å². The first-order valence-corrected chi connectivity index (χ1v) is 9.88. The lowest BCUT2D eigenvalue weighted by molar-refractivity contribution is -0.114. The lowest BCUT2D eigenvalue weighted by Crippen LogP contribution is -2.31. The summed E-state index contributed by atoms with van der Waals surface area (Å²) in [4.78, 5) is 31.8. The molecule has 4 heterocycles. The standard InChI is InChI=1S/C21H19FN8O/c1-30(11-19(31)26-13-5-6-18(22)24-9-13)21-14-3-2-4-15(14)27-20(28-21)16-7-12-8-25-29-17(12)10-23-16/h5-10H,2-4,11H2,1H3,(H,25,29)(H,26,31). The number of aryl methyl sites for hydroxylation is 1. The van der Waals surface area contributed by atoms with Crippen LogP contribution < -0.4 is 10.2 Å². The molecule has 0 saturated carbocycles. The molecule has 0 spiro atoms. The Kier molecular flexibility index (Phi) is 4.73. The summed E-state index contributed by atoms with van der Waals surface area (Å²) >= 11 is 0. The number of amides is 1. The number of anilines is 2. The van der Waals surface area contributed by atoms with Crippen LogP contribution in [0.2, 0.25) is 0 Å². The van der Waals surface area contributed by atoms with E-state index < -0.39 is 5.95 Å². The number of aromatic amines is 1. The molecule has 9 nitrogen and oxygen atoms in total. The van der Waals surface area contributed by atoms with Crippen molar-refractivity contribution in [1.82, 2.24) is 30.1 Å². The molecule has 5 rings (SSSR count). The number of H-pyrrole nitrogens is 1. The van der Waals surface area contributed by atoms with Crippen LogP contribution in [0.25, 0.3) is 22.4 Å². The number of nitrogens with one attached hydrogen (secondary N) is 2. The molecule has 2 N–H and O–H groups in total. The van der Waals surface area contributed by atoms with E-state index in [0.717, 1.165) is 47.2 Å². The van der Waals surface area contributed by atoms with E-state index in [9.17, 15) is 9.18 Å². The summed E-state index contributed by atoms with van der Waals surface area (Å²) in [6, 6.07) is 4.57. The highest BCUT2D eigenvalue weighted by atomic mass is 19.1. The highest BCUT2D eigenvalue weighted by Crippen LogP contribution is 2.31. The van der Waals surface area contributed by atoms with E-state index >= 15 is 0 Å². The molecule has 31 heavy (non-hydrogen) atoms. The average molecular weight is 418 g/mol. The van der Waals surface area contributed by atoms with Crippen molar-refractivity contribution in [3.63, 3.8) is 0 Å². The third-order valence-electron chi connectivity index (χ3n) is 5.22. The molecular weight excluding hydrogens is 399 g/mol. The monoisotopic (exact) mass is 418 g/mol. The number of pyridine rings is 2. The second-order valence-electron chi connectivity index (χ2n) is 7.45. The van der Waals surface area contributed by atoms with E-state index in [4.69, 9.17) is 9.97 Å². The van der Waals surface area contributed by atoms with Crippen molar-refractivity contribution in [1.29, 1.82) is 0 Å². The van der Waals surface area contributed by atoms with Gasteiger partial charge in [0.25, 0.3) is 0 Å². The van der Waals surface area contributed by atoms with E-state index in [1.165, 1.54) is 18.3 Å². The number of rotatable bonds is 5. The zero-order chi connectivity index (χ0) is 21.4. The van der Waals surface area contributed by atoms with Gasteiger partial charge in [-0.3, -0.25) is 14.9 Å². The first-order valence-electron chi connectivity index (χ1n) is 9.88. The first kappa shape index (κ1) is 19.0. The fourth-order valence-electron chi connectivity index (χ4n) is 3.75. The molecule has 0 fully saturated rings. The molecule has 0 unspecified atom stereocenters. The number of likely N-dealkylation sites (N-methyl/N-ethyl adjacent to an activating group) is 1. The number of halogens is 1. The van der Waals surface area contributed by atoms with Crippen LogP contribution in [0, 0.1) is 5.95 Å². The second-order valence-corrected chi connectivity index (χ2v) is 7.45. The van der Waals surface area contributed by atoms with Crippen LogP contribution in [0.3, 0.4) is 0 Å². The summed E-state index contributed by atoms with van der Waals surface area (Å²) in [5, 5.41) is 10.6. The normalized spacial score (nSPS) is 12.7. The van der Waals surface area contributed by atoms with Crippen LogP contribution in [0.15, 0.2) is 36.8 Å². The maximum atomic E-state index is 13.0. The Balaban J connectivity index is 1.42. The number of fused-ring (bicyclic) bond motifs is 2. The molecule has 1 aliphatic rings. The van der Waals surface area contributed by atoms with Gasteiger partial charge in [0.15, 0.2) is 5.82 Å². The lowest BCUT2D eigenvalue weighted by Gasteiger charge is -2.21. The van der Waals surface area contributed by atoms with E-state index in [2.05, 4.69) is 25.5 Å². The third kappa shape index (κ3) is 3.79. The first-order chi connectivity index (χ1) is 15.1. The van der Waals surface area contributed by atoms with Crippen molar-refractivity contribution in [2.24, 2.45) is 0 Å². The van der Waals surface area contributed by atoms with Gasteiger partial charge < -0.3 is 10.2 Å². The molecule has 10 heteroatoms. The summed E-state index contributed by atoms with van der Waals surface area (Å²) in [7, 11) is 1.82. The largest absolute Gasteiger partial charge is 0.350 e. The molecular formula is C21H19FN8O. The Labute approximate surface area is 176 Å². The zero-order valence-corrected chi connectivity index (χ0v) is 16.8. The van der Waals surface area contributed by atoms with Gasteiger partial charge in [0.2, 0.25) is 11.9 Å². The van der Waals surface area contributed by atoms with Gasteiger partial charge in [0.05, 0.1) is 36.3 Å². The predicted octanol–water partition coefficient (Wildman–Crippen LogP) is 2.51. The highest BCUT2D eigenvalue weighted by Gasteiger charge is 2.23. The van der Waals surface area contributed by atoms with E-state index in [1.54, 1.807) is 17.3 Å². The number of hydrogen-bond donors (Lipinski definition) is 2. The second kappa shape index (κ2) is 7.71. The van der Waals surface area contributed by atoms with Crippen molar-refractivity contribution >= 4 is 28.3 Å².